The first-order chi connectivity index (χ1) is 15.8. The van der Waals surface area contributed by atoms with E-state index in [0.717, 1.165) is 0 Å². The quantitative estimate of drug-likeness (QED) is 0.530. The van der Waals surface area contributed by atoms with Gasteiger partial charge in [-0.25, -0.2) is 8.78 Å². The van der Waals surface area contributed by atoms with Crippen LogP contribution in [-0.4, -0.2) is 22.8 Å². The summed E-state index contributed by atoms with van der Waals surface area (Å²) in [6.45, 7) is 2.26. The molecule has 3 aromatic carbocycles. The standard InChI is InChI=1S/C25H21ClF2N2O3/c1-2-22-25(32)30(13-16-5-8-19(28)12-21(16)26)14-17-11-20(9-10-23(17)33-22)29-24(31)15-3-6-18(27)7-4-15/h3-12,22H,2,13-14H2,1H3,(H,29,31)/t22-/m0/s1. The van der Waals surface area contributed by atoms with E-state index >= 15 is 0 Å². The monoisotopic (exact) mass is 470 g/mol. The van der Waals surface area contributed by atoms with Crippen molar-refractivity contribution in [3.05, 3.63) is 94.0 Å². The SMILES string of the molecule is CC[C@@H]1Oc2ccc(NC(=O)c3ccc(F)cc3)cc2CN(Cc2ccc(F)cc2Cl)C1=O. The lowest BCUT2D eigenvalue weighted by Crippen LogP contribution is -2.38. The molecule has 0 aliphatic carbocycles. The Morgan fingerprint density at radius 1 is 1.09 bits per heavy atom. The van der Waals surface area contributed by atoms with Crippen molar-refractivity contribution in [2.45, 2.75) is 32.5 Å². The second-order valence-corrected chi connectivity index (χ2v) is 8.14. The molecule has 0 aromatic heterocycles. The predicted molar refractivity (Wildman–Crippen MR) is 121 cm³/mol. The van der Waals surface area contributed by atoms with Gasteiger partial charge in [-0.1, -0.05) is 24.6 Å². The third-order valence-electron chi connectivity index (χ3n) is 5.39. The lowest BCUT2D eigenvalue weighted by atomic mass is 10.1. The summed E-state index contributed by atoms with van der Waals surface area (Å²) < 4.78 is 32.5. The van der Waals surface area contributed by atoms with Crippen LogP contribution in [0.2, 0.25) is 5.02 Å². The van der Waals surface area contributed by atoms with Gasteiger partial charge in [-0.3, -0.25) is 9.59 Å². The second kappa shape index (κ2) is 9.58. The summed E-state index contributed by atoms with van der Waals surface area (Å²) >= 11 is 6.18. The van der Waals surface area contributed by atoms with Crippen molar-refractivity contribution < 1.29 is 23.1 Å². The van der Waals surface area contributed by atoms with Gasteiger partial charge in [-0.05, 0) is 66.6 Å². The van der Waals surface area contributed by atoms with E-state index in [1.807, 2.05) is 6.92 Å². The molecule has 8 heteroatoms. The number of halogens is 3. The highest BCUT2D eigenvalue weighted by atomic mass is 35.5. The van der Waals surface area contributed by atoms with Gasteiger partial charge in [0.25, 0.3) is 11.8 Å². The van der Waals surface area contributed by atoms with E-state index in [1.165, 1.54) is 36.4 Å². The van der Waals surface area contributed by atoms with E-state index in [9.17, 15) is 18.4 Å². The first kappa shape index (κ1) is 22.7. The Hall–Kier alpha value is -3.45. The van der Waals surface area contributed by atoms with E-state index in [-0.39, 0.29) is 29.9 Å². The molecule has 0 bridgehead atoms. The number of amides is 2. The van der Waals surface area contributed by atoms with Crippen LogP contribution in [0.5, 0.6) is 5.75 Å². The molecular weight excluding hydrogens is 450 g/mol. The summed E-state index contributed by atoms with van der Waals surface area (Å²) in [5, 5.41) is 3.02. The van der Waals surface area contributed by atoms with Crippen LogP contribution in [0.1, 0.15) is 34.8 Å². The zero-order chi connectivity index (χ0) is 23.5. The Bertz CT molecular complexity index is 1200. The fourth-order valence-electron chi connectivity index (χ4n) is 3.64. The third-order valence-corrected chi connectivity index (χ3v) is 5.74. The summed E-state index contributed by atoms with van der Waals surface area (Å²) in [5.41, 5.74) is 2.14. The minimum absolute atomic E-state index is 0.184. The maximum absolute atomic E-state index is 13.4. The molecule has 1 atom stereocenters. The fraction of sp³-hybridized carbons (Fsp3) is 0.200. The number of ether oxygens (including phenoxy) is 1. The maximum Gasteiger partial charge on any atom is 0.264 e. The molecule has 0 spiro atoms. The zero-order valence-electron chi connectivity index (χ0n) is 17.8. The van der Waals surface area contributed by atoms with Crippen LogP contribution >= 0.6 is 11.6 Å². The summed E-state index contributed by atoms with van der Waals surface area (Å²) in [6.07, 6.45) is -0.209. The Morgan fingerprint density at radius 2 is 1.82 bits per heavy atom. The number of nitrogens with zero attached hydrogens (tertiary/aromatic N) is 1. The Morgan fingerprint density at radius 3 is 2.52 bits per heavy atom. The molecule has 1 aliphatic heterocycles. The normalized spacial score (nSPS) is 15.5. The number of carbonyl (C=O) groups is 2. The number of hydrogen-bond acceptors (Lipinski definition) is 3. The molecule has 0 fully saturated rings. The lowest BCUT2D eigenvalue weighted by molar-refractivity contribution is -0.139. The second-order valence-electron chi connectivity index (χ2n) is 7.73. The largest absolute Gasteiger partial charge is 0.480 e. The molecule has 5 nitrogen and oxygen atoms in total. The Balaban J connectivity index is 1.59. The molecule has 33 heavy (non-hydrogen) atoms. The van der Waals surface area contributed by atoms with Crippen LogP contribution in [0.4, 0.5) is 14.5 Å². The first-order valence-corrected chi connectivity index (χ1v) is 10.8. The lowest BCUT2D eigenvalue weighted by Gasteiger charge is -2.23. The van der Waals surface area contributed by atoms with Crippen molar-refractivity contribution in [3.8, 4) is 5.75 Å². The number of hydrogen-bond donors (Lipinski definition) is 1. The van der Waals surface area contributed by atoms with Crippen molar-refractivity contribution in [1.82, 2.24) is 4.90 Å². The molecule has 1 aliphatic rings. The van der Waals surface area contributed by atoms with Gasteiger partial charge in [0.2, 0.25) is 0 Å². The average molecular weight is 471 g/mol. The highest BCUT2D eigenvalue weighted by Gasteiger charge is 2.30. The topological polar surface area (TPSA) is 58.6 Å². The molecule has 1 N–H and O–H groups in total. The third kappa shape index (κ3) is 5.14. The van der Waals surface area contributed by atoms with E-state index in [2.05, 4.69) is 5.32 Å². The summed E-state index contributed by atoms with van der Waals surface area (Å²) in [5.74, 6) is -0.923. The van der Waals surface area contributed by atoms with Gasteiger partial charge in [0.05, 0.1) is 0 Å². The molecule has 0 saturated carbocycles. The molecule has 1 heterocycles. The zero-order valence-corrected chi connectivity index (χ0v) is 18.5. The Kier molecular flexibility index (Phi) is 6.60. The van der Waals surface area contributed by atoms with Crippen molar-refractivity contribution in [2.24, 2.45) is 0 Å². The molecule has 2 amide bonds. The van der Waals surface area contributed by atoms with E-state index in [4.69, 9.17) is 16.3 Å². The van der Waals surface area contributed by atoms with Gasteiger partial charge in [0.1, 0.15) is 17.4 Å². The highest BCUT2D eigenvalue weighted by molar-refractivity contribution is 6.31. The van der Waals surface area contributed by atoms with E-state index in [0.29, 0.717) is 34.5 Å². The van der Waals surface area contributed by atoms with Gasteiger partial charge in [0, 0.05) is 34.9 Å². The number of carbonyl (C=O) groups excluding carboxylic acids is 2. The summed E-state index contributed by atoms with van der Waals surface area (Å²) in [4.78, 5) is 27.2. The summed E-state index contributed by atoms with van der Waals surface area (Å²) in [7, 11) is 0. The van der Waals surface area contributed by atoms with Crippen LogP contribution in [0.25, 0.3) is 0 Å². The Labute approximate surface area is 194 Å². The number of nitrogens with one attached hydrogen (secondary N) is 1. The summed E-state index contributed by atoms with van der Waals surface area (Å²) in [6, 6.07) is 14.4. The van der Waals surface area contributed by atoms with Crippen molar-refractivity contribution in [3.63, 3.8) is 0 Å². The molecule has 3 aromatic rings. The first-order valence-electron chi connectivity index (χ1n) is 10.4. The van der Waals surface area contributed by atoms with Crippen molar-refractivity contribution in [2.75, 3.05) is 5.32 Å². The van der Waals surface area contributed by atoms with E-state index in [1.54, 1.807) is 29.2 Å². The number of fused-ring (bicyclic) bond motifs is 1. The molecular formula is C25H21ClF2N2O3. The molecule has 0 radical (unpaired) electrons. The van der Waals surface area contributed by atoms with Crippen LogP contribution in [-0.2, 0) is 17.9 Å². The van der Waals surface area contributed by atoms with Crippen molar-refractivity contribution in [1.29, 1.82) is 0 Å². The van der Waals surface area contributed by atoms with Crippen LogP contribution in [0, 0.1) is 11.6 Å². The van der Waals surface area contributed by atoms with Gasteiger partial charge >= 0.3 is 0 Å². The smallest absolute Gasteiger partial charge is 0.264 e. The average Bonchev–Trinajstić information content (AvgIpc) is 2.92. The van der Waals surface area contributed by atoms with Crippen LogP contribution < -0.4 is 10.1 Å². The number of benzene rings is 3. The van der Waals surface area contributed by atoms with E-state index < -0.39 is 17.7 Å². The van der Waals surface area contributed by atoms with Crippen LogP contribution in [0.15, 0.2) is 60.7 Å². The fourth-order valence-corrected chi connectivity index (χ4v) is 3.87. The minimum atomic E-state index is -0.676. The molecule has 0 unspecified atom stereocenters. The van der Waals surface area contributed by atoms with Gasteiger partial charge in [0.15, 0.2) is 6.10 Å². The molecule has 4 rings (SSSR count). The maximum atomic E-state index is 13.4. The van der Waals surface area contributed by atoms with Gasteiger partial charge in [-0.2, -0.15) is 0 Å². The number of rotatable bonds is 5. The van der Waals surface area contributed by atoms with Gasteiger partial charge in [-0.15, -0.1) is 0 Å². The van der Waals surface area contributed by atoms with Crippen LogP contribution in [0.3, 0.4) is 0 Å². The molecule has 170 valence electrons. The minimum Gasteiger partial charge on any atom is -0.480 e. The predicted octanol–water partition coefficient (Wildman–Crippen LogP) is 5.57. The number of anilines is 1. The van der Waals surface area contributed by atoms with Crippen molar-refractivity contribution >= 4 is 29.1 Å². The van der Waals surface area contributed by atoms with Gasteiger partial charge < -0.3 is 15.0 Å². The highest BCUT2D eigenvalue weighted by Crippen LogP contribution is 2.31. The molecule has 0 saturated heterocycles.